The summed E-state index contributed by atoms with van der Waals surface area (Å²) in [6.45, 7) is 1.07. The van der Waals surface area contributed by atoms with Crippen LogP contribution in [0.4, 0.5) is 23.4 Å². The minimum atomic E-state index is -4.59. The summed E-state index contributed by atoms with van der Waals surface area (Å²) in [4.78, 5) is 14.6. The summed E-state index contributed by atoms with van der Waals surface area (Å²) >= 11 is 6.37. The van der Waals surface area contributed by atoms with Crippen molar-refractivity contribution in [3.63, 3.8) is 0 Å². The van der Waals surface area contributed by atoms with E-state index in [9.17, 15) is 22.4 Å². The SMILES string of the molecule is O=C(c1nn2c(c1Cl)N[C@H](c1ccc(F)cc1)C[C@@H]2C(F)(F)F)N1CCCCCC1. The Labute approximate surface area is 176 Å². The number of halogens is 5. The average Bonchev–Trinajstić information content (AvgIpc) is 2.88. The molecule has 10 heteroatoms. The molecule has 4 rings (SSSR count). The Hall–Kier alpha value is -2.29. The van der Waals surface area contributed by atoms with E-state index in [1.807, 2.05) is 0 Å². The number of hydrogen-bond acceptors (Lipinski definition) is 3. The van der Waals surface area contributed by atoms with E-state index < -0.39 is 30.0 Å². The first-order chi connectivity index (χ1) is 14.3. The molecule has 162 valence electrons. The summed E-state index contributed by atoms with van der Waals surface area (Å²) in [7, 11) is 0. The Bertz CT molecular complexity index is 920. The van der Waals surface area contributed by atoms with Gasteiger partial charge in [0.05, 0.1) is 6.04 Å². The van der Waals surface area contributed by atoms with Crippen LogP contribution in [0.3, 0.4) is 0 Å². The van der Waals surface area contributed by atoms with Crippen molar-refractivity contribution < 1.29 is 22.4 Å². The highest BCUT2D eigenvalue weighted by molar-refractivity contribution is 6.36. The second-order valence-electron chi connectivity index (χ2n) is 7.70. The molecule has 30 heavy (non-hydrogen) atoms. The van der Waals surface area contributed by atoms with Crippen molar-refractivity contribution in [1.29, 1.82) is 0 Å². The van der Waals surface area contributed by atoms with Crippen molar-refractivity contribution >= 4 is 23.3 Å². The third-order valence-corrected chi connectivity index (χ3v) is 6.02. The Morgan fingerprint density at radius 3 is 2.33 bits per heavy atom. The lowest BCUT2D eigenvalue weighted by Crippen LogP contribution is -2.36. The number of likely N-dealkylation sites (tertiary alicyclic amines) is 1. The van der Waals surface area contributed by atoms with Gasteiger partial charge in [0.15, 0.2) is 11.7 Å². The van der Waals surface area contributed by atoms with Gasteiger partial charge in [-0.15, -0.1) is 0 Å². The highest BCUT2D eigenvalue weighted by Crippen LogP contribution is 2.46. The number of carbonyl (C=O) groups excluding carboxylic acids is 1. The molecule has 1 N–H and O–H groups in total. The van der Waals surface area contributed by atoms with Gasteiger partial charge in [0.1, 0.15) is 16.7 Å². The van der Waals surface area contributed by atoms with Gasteiger partial charge in [-0.05, 0) is 30.5 Å². The number of alkyl halides is 3. The standard InChI is InChI=1S/C20H21ClF4N4O/c21-16-17(19(30)28-9-3-1-2-4-10-28)27-29-15(20(23,24)25)11-14(26-18(16)29)12-5-7-13(22)8-6-12/h5-8,14-15,26H,1-4,9-11H2/t14-,15+/m0/s1. The fourth-order valence-corrected chi connectivity index (χ4v) is 4.32. The van der Waals surface area contributed by atoms with Gasteiger partial charge in [-0.2, -0.15) is 18.3 Å². The van der Waals surface area contributed by atoms with Crippen LogP contribution in [0.2, 0.25) is 5.02 Å². The number of nitrogens with one attached hydrogen (secondary N) is 1. The van der Waals surface area contributed by atoms with E-state index in [1.165, 1.54) is 24.3 Å². The predicted octanol–water partition coefficient (Wildman–Crippen LogP) is 5.35. The van der Waals surface area contributed by atoms with Crippen LogP contribution in [0.5, 0.6) is 0 Å². The zero-order valence-electron chi connectivity index (χ0n) is 16.1. The van der Waals surface area contributed by atoms with Crippen LogP contribution in [0, 0.1) is 5.82 Å². The molecule has 1 saturated heterocycles. The molecule has 0 saturated carbocycles. The number of amides is 1. The van der Waals surface area contributed by atoms with Gasteiger partial charge in [0, 0.05) is 19.5 Å². The maximum absolute atomic E-state index is 13.8. The molecule has 0 unspecified atom stereocenters. The van der Waals surface area contributed by atoms with E-state index in [0.29, 0.717) is 18.7 Å². The molecule has 3 heterocycles. The van der Waals surface area contributed by atoms with Gasteiger partial charge in [0.25, 0.3) is 5.91 Å². The summed E-state index contributed by atoms with van der Waals surface area (Å²) in [5.41, 5.74) is 0.324. The molecule has 0 spiro atoms. The van der Waals surface area contributed by atoms with Crippen LogP contribution in [0.1, 0.15) is 60.2 Å². The van der Waals surface area contributed by atoms with E-state index >= 15 is 0 Å². The number of hydrogen-bond donors (Lipinski definition) is 1. The lowest BCUT2D eigenvalue weighted by molar-refractivity contribution is -0.173. The van der Waals surface area contributed by atoms with Gasteiger partial charge >= 0.3 is 6.18 Å². The maximum atomic E-state index is 13.8. The van der Waals surface area contributed by atoms with Crippen molar-refractivity contribution in [3.8, 4) is 0 Å². The first-order valence-corrected chi connectivity index (χ1v) is 10.3. The fourth-order valence-electron chi connectivity index (χ4n) is 4.06. The first kappa shape index (κ1) is 21.0. The van der Waals surface area contributed by atoms with Gasteiger partial charge in [-0.25, -0.2) is 9.07 Å². The summed E-state index contributed by atoms with van der Waals surface area (Å²) in [5, 5.41) is 6.85. The zero-order valence-corrected chi connectivity index (χ0v) is 16.8. The maximum Gasteiger partial charge on any atom is 0.410 e. The smallest absolute Gasteiger partial charge is 0.362 e. The highest BCUT2D eigenvalue weighted by Gasteiger charge is 2.48. The van der Waals surface area contributed by atoms with Crippen molar-refractivity contribution in [2.24, 2.45) is 0 Å². The quantitative estimate of drug-likeness (QED) is 0.635. The molecular weight excluding hydrogens is 424 g/mol. The van der Waals surface area contributed by atoms with Gasteiger partial charge < -0.3 is 10.2 Å². The van der Waals surface area contributed by atoms with Gasteiger partial charge in [0.2, 0.25) is 0 Å². The Balaban J connectivity index is 1.70. The number of anilines is 1. The summed E-state index contributed by atoms with van der Waals surface area (Å²) in [6.07, 6.45) is -1.24. The van der Waals surface area contributed by atoms with Gasteiger partial charge in [-0.1, -0.05) is 36.6 Å². The minimum Gasteiger partial charge on any atom is -0.362 e. The van der Waals surface area contributed by atoms with E-state index in [4.69, 9.17) is 11.6 Å². The molecule has 1 fully saturated rings. The average molecular weight is 445 g/mol. The zero-order chi connectivity index (χ0) is 21.5. The number of nitrogens with zero attached hydrogens (tertiary/aromatic N) is 3. The fraction of sp³-hybridized carbons (Fsp3) is 0.500. The molecule has 0 aliphatic carbocycles. The Morgan fingerprint density at radius 2 is 1.73 bits per heavy atom. The predicted molar refractivity (Wildman–Crippen MR) is 104 cm³/mol. The Kier molecular flexibility index (Phi) is 5.65. The number of carbonyl (C=O) groups is 1. The molecule has 2 aliphatic rings. The second kappa shape index (κ2) is 8.09. The molecule has 1 aromatic heterocycles. The van der Waals surface area contributed by atoms with Crippen LogP contribution in [0.15, 0.2) is 24.3 Å². The van der Waals surface area contributed by atoms with E-state index in [1.54, 1.807) is 4.90 Å². The molecule has 2 atom stereocenters. The second-order valence-corrected chi connectivity index (χ2v) is 8.08. The van der Waals surface area contributed by atoms with Crippen LogP contribution in [-0.4, -0.2) is 39.9 Å². The molecule has 2 aromatic rings. The van der Waals surface area contributed by atoms with Crippen molar-refractivity contribution in [2.75, 3.05) is 18.4 Å². The largest absolute Gasteiger partial charge is 0.410 e. The molecule has 5 nitrogen and oxygen atoms in total. The lowest BCUT2D eigenvalue weighted by atomic mass is 9.97. The van der Waals surface area contributed by atoms with Crippen LogP contribution in [-0.2, 0) is 0 Å². The molecular formula is C20H21ClF4N4O. The third kappa shape index (κ3) is 3.99. The van der Waals surface area contributed by atoms with Crippen molar-refractivity contribution in [3.05, 3.63) is 46.4 Å². The van der Waals surface area contributed by atoms with Gasteiger partial charge in [-0.3, -0.25) is 4.79 Å². The monoisotopic (exact) mass is 444 g/mol. The molecule has 1 aromatic carbocycles. The number of fused-ring (bicyclic) bond motifs is 1. The van der Waals surface area contributed by atoms with Crippen molar-refractivity contribution in [1.82, 2.24) is 14.7 Å². The van der Waals surface area contributed by atoms with E-state index in [-0.39, 0.29) is 23.0 Å². The first-order valence-electron chi connectivity index (χ1n) is 9.91. The molecule has 2 aliphatic heterocycles. The normalized spacial score (nSPS) is 22.2. The number of rotatable bonds is 2. The molecule has 0 radical (unpaired) electrons. The van der Waals surface area contributed by atoms with Crippen molar-refractivity contribution in [2.45, 2.75) is 50.4 Å². The minimum absolute atomic E-state index is 0.0438. The summed E-state index contributed by atoms with van der Waals surface area (Å²) < 4.78 is 55.5. The topological polar surface area (TPSA) is 50.2 Å². The molecule has 1 amide bonds. The third-order valence-electron chi connectivity index (χ3n) is 5.66. The number of aromatic nitrogens is 2. The van der Waals surface area contributed by atoms with E-state index in [2.05, 4.69) is 10.4 Å². The number of benzene rings is 1. The van der Waals surface area contributed by atoms with E-state index in [0.717, 1.165) is 30.4 Å². The lowest BCUT2D eigenvalue weighted by Gasteiger charge is -2.33. The summed E-state index contributed by atoms with van der Waals surface area (Å²) in [5.74, 6) is -0.974. The summed E-state index contributed by atoms with van der Waals surface area (Å²) in [6, 6.07) is 2.56. The Morgan fingerprint density at radius 1 is 1.10 bits per heavy atom. The van der Waals surface area contributed by atoms with Crippen LogP contribution < -0.4 is 5.32 Å². The van der Waals surface area contributed by atoms with Crippen LogP contribution >= 0.6 is 11.6 Å². The van der Waals surface area contributed by atoms with Crippen LogP contribution in [0.25, 0.3) is 0 Å². The highest BCUT2D eigenvalue weighted by atomic mass is 35.5. The molecule has 0 bridgehead atoms.